The molecule has 2 atom stereocenters. The van der Waals surface area contributed by atoms with Gasteiger partial charge in [-0.25, -0.2) is 5.01 Å². The number of aryl methyl sites for hydroxylation is 1. The third-order valence-electron chi connectivity index (χ3n) is 5.20. The average molecular weight is 395 g/mol. The van der Waals surface area contributed by atoms with Gasteiger partial charge in [0.05, 0.1) is 13.2 Å². The molecule has 3 aromatic rings. The quantitative estimate of drug-likeness (QED) is 0.589. The van der Waals surface area contributed by atoms with Crippen LogP contribution in [0.4, 0.5) is 0 Å². The van der Waals surface area contributed by atoms with Crippen LogP contribution in [0.15, 0.2) is 64.1 Å². The molecule has 28 heavy (non-hydrogen) atoms. The van der Waals surface area contributed by atoms with Crippen molar-refractivity contribution in [3.05, 3.63) is 82.3 Å². The van der Waals surface area contributed by atoms with Gasteiger partial charge in [-0.2, -0.15) is 5.10 Å². The van der Waals surface area contributed by atoms with Crippen LogP contribution in [0, 0.1) is 6.92 Å². The zero-order valence-corrected chi connectivity index (χ0v) is 16.3. The number of fused-ring (bicyclic) bond motifs is 3. The van der Waals surface area contributed by atoms with Crippen molar-refractivity contribution >= 4 is 17.3 Å². The molecule has 142 valence electrons. The normalized spacial score (nSPS) is 20.2. The summed E-state index contributed by atoms with van der Waals surface area (Å²) in [5, 5.41) is 7.50. The zero-order valence-electron chi connectivity index (χ0n) is 15.6. The molecular weight excluding hydrogens is 376 g/mol. The molecule has 1 aromatic heterocycles. The first-order valence-electron chi connectivity index (χ1n) is 9.16. The predicted molar refractivity (Wildman–Crippen MR) is 107 cm³/mol. The molecule has 2 aliphatic rings. The third-order valence-corrected chi connectivity index (χ3v) is 5.54. The molecule has 0 saturated carbocycles. The van der Waals surface area contributed by atoms with E-state index >= 15 is 0 Å². The van der Waals surface area contributed by atoms with Crippen LogP contribution in [0.25, 0.3) is 0 Å². The van der Waals surface area contributed by atoms with Crippen molar-refractivity contribution in [1.29, 1.82) is 0 Å². The van der Waals surface area contributed by atoms with Gasteiger partial charge in [0.2, 0.25) is 6.23 Å². The Morgan fingerprint density at radius 1 is 1.07 bits per heavy atom. The number of hydrogen-bond donors (Lipinski definition) is 0. The summed E-state index contributed by atoms with van der Waals surface area (Å²) in [5.74, 6) is 3.09. The maximum Gasteiger partial charge on any atom is 0.215 e. The smallest absolute Gasteiger partial charge is 0.215 e. The number of hydrazone groups is 1. The van der Waals surface area contributed by atoms with Gasteiger partial charge in [0.1, 0.15) is 17.2 Å². The van der Waals surface area contributed by atoms with Gasteiger partial charge in [-0.1, -0.05) is 41.9 Å². The topological polar surface area (TPSA) is 47.2 Å². The fourth-order valence-corrected chi connectivity index (χ4v) is 4.09. The minimum Gasteiger partial charge on any atom is -0.493 e. The number of methoxy groups -OCH3 is 1. The molecular formula is C22H19ClN2O3. The lowest BCUT2D eigenvalue weighted by atomic mass is 9.97. The SMILES string of the molecule is COc1cccc2c1O[C@@H](c1ccccc1Cl)N1N=C(c3ccc(C)o3)C[C@H]21. The molecule has 3 heterocycles. The number of hydrogen-bond acceptors (Lipinski definition) is 5. The number of rotatable bonds is 3. The first kappa shape index (κ1) is 17.2. The van der Waals surface area contributed by atoms with Crippen molar-refractivity contribution in [1.82, 2.24) is 5.01 Å². The van der Waals surface area contributed by atoms with Gasteiger partial charge in [-0.15, -0.1) is 0 Å². The summed E-state index contributed by atoms with van der Waals surface area (Å²) in [5.41, 5.74) is 2.81. The van der Waals surface area contributed by atoms with Gasteiger partial charge in [-0.3, -0.25) is 0 Å². The standard InChI is InChI=1S/C22H19ClN2O3/c1-13-10-11-19(27-13)17-12-18-15-7-5-9-20(26-2)21(15)28-22(25(18)24-17)14-6-3-4-8-16(14)23/h3-11,18,22H,12H2,1-2H3/t18-,22+/m1/s1. The first-order valence-corrected chi connectivity index (χ1v) is 9.54. The van der Waals surface area contributed by atoms with Crippen LogP contribution in [0.5, 0.6) is 11.5 Å². The summed E-state index contributed by atoms with van der Waals surface area (Å²) in [6.45, 7) is 1.93. The van der Waals surface area contributed by atoms with E-state index in [-0.39, 0.29) is 6.04 Å². The number of nitrogens with zero attached hydrogens (tertiary/aromatic N) is 2. The van der Waals surface area contributed by atoms with Gasteiger partial charge in [-0.05, 0) is 31.2 Å². The predicted octanol–water partition coefficient (Wildman–Crippen LogP) is 5.49. The van der Waals surface area contributed by atoms with E-state index in [1.807, 2.05) is 60.5 Å². The highest BCUT2D eigenvalue weighted by molar-refractivity contribution is 6.31. The lowest BCUT2D eigenvalue weighted by Crippen LogP contribution is -2.34. The van der Waals surface area contributed by atoms with E-state index in [0.717, 1.165) is 40.5 Å². The molecule has 0 saturated heterocycles. The molecule has 0 bridgehead atoms. The summed E-state index contributed by atoms with van der Waals surface area (Å²) in [7, 11) is 1.65. The summed E-state index contributed by atoms with van der Waals surface area (Å²) in [6, 6.07) is 17.6. The lowest BCUT2D eigenvalue weighted by Gasteiger charge is -2.38. The van der Waals surface area contributed by atoms with Crippen molar-refractivity contribution in [2.75, 3.05) is 7.11 Å². The number of halogens is 1. The van der Waals surface area contributed by atoms with Crippen LogP contribution in [-0.2, 0) is 0 Å². The second-order valence-corrected chi connectivity index (χ2v) is 7.33. The maximum atomic E-state index is 6.50. The summed E-state index contributed by atoms with van der Waals surface area (Å²) < 4.78 is 17.8. The van der Waals surface area contributed by atoms with E-state index in [4.69, 9.17) is 30.6 Å². The Morgan fingerprint density at radius 2 is 1.89 bits per heavy atom. The third kappa shape index (κ3) is 2.66. The molecule has 0 unspecified atom stereocenters. The van der Waals surface area contributed by atoms with E-state index in [1.54, 1.807) is 7.11 Å². The Kier molecular flexibility index (Phi) is 4.05. The first-order chi connectivity index (χ1) is 13.7. The molecule has 0 aliphatic carbocycles. The van der Waals surface area contributed by atoms with Crippen LogP contribution < -0.4 is 9.47 Å². The molecule has 5 rings (SSSR count). The Balaban J connectivity index is 1.65. The minimum absolute atomic E-state index is 0.0144. The monoisotopic (exact) mass is 394 g/mol. The Morgan fingerprint density at radius 3 is 2.64 bits per heavy atom. The molecule has 2 aromatic carbocycles. The number of furan rings is 1. The lowest BCUT2D eigenvalue weighted by molar-refractivity contribution is -0.0208. The van der Waals surface area contributed by atoms with Crippen molar-refractivity contribution in [3.8, 4) is 11.5 Å². The fraction of sp³-hybridized carbons (Fsp3) is 0.227. The Labute approximate surface area is 168 Å². The highest BCUT2D eigenvalue weighted by atomic mass is 35.5. The molecule has 0 spiro atoms. The highest BCUT2D eigenvalue weighted by Crippen LogP contribution is 2.51. The van der Waals surface area contributed by atoms with Crippen LogP contribution >= 0.6 is 11.6 Å². The Hall–Kier alpha value is -2.92. The second kappa shape index (κ2) is 6.60. The van der Waals surface area contributed by atoms with Crippen molar-refractivity contribution in [3.63, 3.8) is 0 Å². The van der Waals surface area contributed by atoms with Gasteiger partial charge in [0.15, 0.2) is 11.5 Å². The van der Waals surface area contributed by atoms with Gasteiger partial charge in [0.25, 0.3) is 0 Å². The van der Waals surface area contributed by atoms with Gasteiger partial charge >= 0.3 is 0 Å². The van der Waals surface area contributed by atoms with Crippen molar-refractivity contribution < 1.29 is 13.9 Å². The van der Waals surface area contributed by atoms with Crippen LogP contribution in [0.2, 0.25) is 5.02 Å². The summed E-state index contributed by atoms with van der Waals surface area (Å²) >= 11 is 6.50. The van der Waals surface area contributed by atoms with E-state index < -0.39 is 6.23 Å². The minimum atomic E-state index is -0.448. The fourth-order valence-electron chi connectivity index (χ4n) is 3.86. The van der Waals surface area contributed by atoms with E-state index in [9.17, 15) is 0 Å². The number of benzene rings is 2. The molecule has 6 heteroatoms. The zero-order chi connectivity index (χ0) is 19.3. The van der Waals surface area contributed by atoms with E-state index in [0.29, 0.717) is 10.8 Å². The number of para-hydroxylation sites is 1. The summed E-state index contributed by atoms with van der Waals surface area (Å²) in [6.07, 6.45) is 0.272. The maximum absolute atomic E-state index is 6.50. The van der Waals surface area contributed by atoms with Crippen molar-refractivity contribution in [2.24, 2.45) is 5.10 Å². The molecule has 0 N–H and O–H groups in total. The van der Waals surface area contributed by atoms with Gasteiger partial charge < -0.3 is 13.9 Å². The van der Waals surface area contributed by atoms with Crippen LogP contribution in [-0.4, -0.2) is 17.8 Å². The molecule has 2 aliphatic heterocycles. The van der Waals surface area contributed by atoms with Crippen molar-refractivity contribution in [2.45, 2.75) is 25.6 Å². The summed E-state index contributed by atoms with van der Waals surface area (Å²) in [4.78, 5) is 0. The van der Waals surface area contributed by atoms with E-state index in [1.165, 1.54) is 0 Å². The largest absolute Gasteiger partial charge is 0.493 e. The highest BCUT2D eigenvalue weighted by Gasteiger charge is 2.43. The average Bonchev–Trinajstić information content (AvgIpc) is 3.34. The Bertz CT molecular complexity index is 1080. The van der Waals surface area contributed by atoms with Crippen LogP contribution in [0.3, 0.4) is 0 Å². The second-order valence-electron chi connectivity index (χ2n) is 6.93. The number of ether oxygens (including phenoxy) is 2. The molecule has 0 radical (unpaired) electrons. The van der Waals surface area contributed by atoms with Gasteiger partial charge in [0, 0.05) is 22.6 Å². The molecule has 5 nitrogen and oxygen atoms in total. The van der Waals surface area contributed by atoms with E-state index in [2.05, 4.69) is 6.07 Å². The molecule has 0 amide bonds. The molecule has 0 fully saturated rings. The van der Waals surface area contributed by atoms with Crippen LogP contribution in [0.1, 0.15) is 41.3 Å².